The maximum Gasteiger partial charge on any atom is 0.317 e. The van der Waals surface area contributed by atoms with Gasteiger partial charge in [-0.3, -0.25) is 0 Å². The fraction of sp³-hybridized carbons (Fsp3) is 0.741. The number of aliphatic hydroxyl groups is 1. The van der Waals surface area contributed by atoms with Crippen molar-refractivity contribution in [2.45, 2.75) is 75.9 Å². The summed E-state index contributed by atoms with van der Waals surface area (Å²) in [7, 11) is 3.65. The second-order valence-corrected chi connectivity index (χ2v) is 10.7. The molecule has 0 unspecified atom stereocenters. The topological polar surface area (TPSA) is 73.8 Å². The summed E-state index contributed by atoms with van der Waals surface area (Å²) in [5.74, 6) is 0.679. The normalized spacial score (nSPS) is 21.9. The summed E-state index contributed by atoms with van der Waals surface area (Å²) in [6, 6.07) is 7.71. The minimum absolute atomic E-state index is 0.00391. The number of hydrogen-bond donors (Lipinski definition) is 3. The van der Waals surface area contributed by atoms with Gasteiger partial charge < -0.3 is 25.4 Å². The van der Waals surface area contributed by atoms with Crippen LogP contribution in [0.1, 0.15) is 69.8 Å². The summed E-state index contributed by atoms with van der Waals surface area (Å²) in [5.41, 5.74) is -0.176. The Labute approximate surface area is 210 Å². The van der Waals surface area contributed by atoms with Gasteiger partial charge in [0.1, 0.15) is 0 Å². The molecule has 2 amide bonds. The summed E-state index contributed by atoms with van der Waals surface area (Å²) in [6.45, 7) is 2.74. The maximum atomic E-state index is 13.3. The highest BCUT2D eigenvalue weighted by atomic mass is 35.5. The first-order valence-corrected chi connectivity index (χ1v) is 13.5. The Bertz CT molecular complexity index is 758. The minimum Gasteiger partial charge on any atom is -0.385 e. The van der Waals surface area contributed by atoms with E-state index in [0.717, 1.165) is 50.8 Å². The standard InChI is InChI=1S/C27H44ClN3O3/c1-29-19-25(17-21-9-3-4-10-21)30-26(32)31-15-8-12-23(20-31)27(33,14-5-6-16-34-2)22-11-7-13-24(28)18-22/h7,11,13,18,21,23,25,29,33H,3-6,8-10,12,14-17,19-20H2,1-2H3,(H,30,32)/t23-,25+,27-/m1/s1. The Kier molecular flexibility index (Phi) is 11.0. The Hall–Kier alpha value is -1.34. The zero-order chi connectivity index (χ0) is 24.4. The van der Waals surface area contributed by atoms with E-state index in [1.54, 1.807) is 7.11 Å². The van der Waals surface area contributed by atoms with Crippen LogP contribution in [0, 0.1) is 11.8 Å². The van der Waals surface area contributed by atoms with Crippen LogP contribution in [-0.4, -0.2) is 62.5 Å². The van der Waals surface area contributed by atoms with Crippen LogP contribution in [0.25, 0.3) is 0 Å². The molecule has 1 aromatic carbocycles. The van der Waals surface area contributed by atoms with Gasteiger partial charge in [0.15, 0.2) is 0 Å². The molecule has 3 rings (SSSR count). The molecular formula is C27H44ClN3O3. The lowest BCUT2D eigenvalue weighted by Gasteiger charge is -2.43. The number of methoxy groups -OCH3 is 1. The van der Waals surface area contributed by atoms with Crippen molar-refractivity contribution in [1.29, 1.82) is 0 Å². The number of ether oxygens (including phenoxy) is 1. The molecule has 2 aliphatic rings. The predicted molar refractivity (Wildman–Crippen MR) is 138 cm³/mol. The van der Waals surface area contributed by atoms with E-state index in [1.807, 2.05) is 36.2 Å². The van der Waals surface area contributed by atoms with Gasteiger partial charge in [-0.1, -0.05) is 49.4 Å². The molecule has 1 aliphatic heterocycles. The molecule has 34 heavy (non-hydrogen) atoms. The van der Waals surface area contributed by atoms with E-state index in [-0.39, 0.29) is 18.0 Å². The van der Waals surface area contributed by atoms with Gasteiger partial charge in [-0.25, -0.2) is 4.79 Å². The van der Waals surface area contributed by atoms with Gasteiger partial charge in [-0.2, -0.15) is 0 Å². The molecule has 0 aromatic heterocycles. The number of carbonyl (C=O) groups excluding carboxylic acids is 1. The number of amides is 2. The third-order valence-corrected chi connectivity index (χ3v) is 7.97. The molecule has 0 radical (unpaired) electrons. The highest BCUT2D eigenvalue weighted by Gasteiger charge is 2.41. The van der Waals surface area contributed by atoms with Crippen LogP contribution < -0.4 is 10.6 Å². The molecular weight excluding hydrogens is 450 g/mol. The molecule has 0 spiro atoms. The smallest absolute Gasteiger partial charge is 0.317 e. The lowest BCUT2D eigenvalue weighted by molar-refractivity contribution is -0.0563. The molecule has 3 N–H and O–H groups in total. The number of unbranched alkanes of at least 4 members (excludes halogenated alkanes) is 1. The highest BCUT2D eigenvalue weighted by molar-refractivity contribution is 6.30. The Balaban J connectivity index is 1.68. The first-order valence-electron chi connectivity index (χ1n) is 13.1. The Morgan fingerprint density at radius 1 is 1.26 bits per heavy atom. The van der Waals surface area contributed by atoms with Gasteiger partial charge in [0, 0.05) is 50.3 Å². The maximum absolute atomic E-state index is 13.3. The van der Waals surface area contributed by atoms with Crippen LogP contribution >= 0.6 is 11.6 Å². The summed E-state index contributed by atoms with van der Waals surface area (Å²) in [5, 5.41) is 19.2. The van der Waals surface area contributed by atoms with E-state index in [1.165, 1.54) is 25.7 Å². The fourth-order valence-electron chi connectivity index (χ4n) is 5.89. The Morgan fingerprint density at radius 3 is 2.76 bits per heavy atom. The van der Waals surface area contributed by atoms with Gasteiger partial charge in [0.05, 0.1) is 5.60 Å². The van der Waals surface area contributed by atoms with Crippen LogP contribution in [0.2, 0.25) is 5.02 Å². The van der Waals surface area contributed by atoms with Crippen LogP contribution in [0.5, 0.6) is 0 Å². The van der Waals surface area contributed by atoms with Crippen LogP contribution in [0.3, 0.4) is 0 Å². The zero-order valence-electron chi connectivity index (χ0n) is 21.0. The molecule has 1 saturated carbocycles. The quantitative estimate of drug-likeness (QED) is 0.361. The molecule has 3 atom stereocenters. The number of likely N-dealkylation sites (tertiary alicyclic amines) is 1. The molecule has 1 heterocycles. The molecule has 6 nitrogen and oxygen atoms in total. The first kappa shape index (κ1) is 27.3. The number of nitrogens with one attached hydrogen (secondary N) is 2. The van der Waals surface area contributed by atoms with Crippen molar-refractivity contribution in [3.63, 3.8) is 0 Å². The van der Waals surface area contributed by atoms with Crippen LogP contribution in [0.4, 0.5) is 4.79 Å². The summed E-state index contributed by atoms with van der Waals surface area (Å²) in [6.07, 6.45) is 10.4. The van der Waals surface area contributed by atoms with Crippen molar-refractivity contribution in [2.75, 3.05) is 40.4 Å². The predicted octanol–water partition coefficient (Wildman–Crippen LogP) is 4.93. The van der Waals surface area contributed by atoms with Crippen molar-refractivity contribution in [3.8, 4) is 0 Å². The van der Waals surface area contributed by atoms with E-state index >= 15 is 0 Å². The molecule has 7 heteroatoms. The number of nitrogens with zero attached hydrogens (tertiary/aromatic N) is 1. The SMILES string of the molecule is CNC[C@H](CC1CCCC1)NC(=O)N1CCC[C@@H]([C@@](O)(CCCCOC)c2cccc(Cl)c2)C1. The summed E-state index contributed by atoms with van der Waals surface area (Å²) < 4.78 is 5.21. The fourth-order valence-corrected chi connectivity index (χ4v) is 6.08. The number of likely N-dealkylation sites (N-methyl/N-ethyl adjacent to an activating group) is 1. The molecule has 192 valence electrons. The van der Waals surface area contributed by atoms with E-state index < -0.39 is 5.60 Å². The summed E-state index contributed by atoms with van der Waals surface area (Å²) in [4.78, 5) is 15.2. The Morgan fingerprint density at radius 2 is 2.06 bits per heavy atom. The largest absolute Gasteiger partial charge is 0.385 e. The van der Waals surface area contributed by atoms with Gasteiger partial charge in [0.25, 0.3) is 0 Å². The van der Waals surface area contributed by atoms with Gasteiger partial charge in [0.2, 0.25) is 0 Å². The van der Waals surface area contributed by atoms with Crippen LogP contribution in [-0.2, 0) is 10.3 Å². The number of carbonyl (C=O) groups is 1. The molecule has 1 aromatic rings. The van der Waals surface area contributed by atoms with Crippen molar-refractivity contribution >= 4 is 17.6 Å². The summed E-state index contributed by atoms with van der Waals surface area (Å²) >= 11 is 6.30. The number of rotatable bonds is 12. The number of benzene rings is 1. The van der Waals surface area contributed by atoms with Gasteiger partial charge in [-0.05, 0) is 69.2 Å². The third kappa shape index (κ3) is 7.58. The van der Waals surface area contributed by atoms with E-state index in [4.69, 9.17) is 16.3 Å². The second-order valence-electron chi connectivity index (χ2n) is 10.3. The zero-order valence-corrected chi connectivity index (χ0v) is 21.8. The monoisotopic (exact) mass is 493 g/mol. The van der Waals surface area contributed by atoms with E-state index in [9.17, 15) is 9.90 Å². The van der Waals surface area contributed by atoms with E-state index in [0.29, 0.717) is 30.5 Å². The van der Waals surface area contributed by atoms with Gasteiger partial charge >= 0.3 is 6.03 Å². The molecule has 1 aliphatic carbocycles. The van der Waals surface area contributed by atoms with Crippen molar-refractivity contribution < 1.29 is 14.6 Å². The number of hydrogen-bond acceptors (Lipinski definition) is 4. The van der Waals surface area contributed by atoms with Crippen molar-refractivity contribution in [1.82, 2.24) is 15.5 Å². The lowest BCUT2D eigenvalue weighted by Crippen LogP contribution is -2.54. The van der Waals surface area contributed by atoms with Crippen LogP contribution in [0.15, 0.2) is 24.3 Å². The lowest BCUT2D eigenvalue weighted by atomic mass is 9.74. The molecule has 2 fully saturated rings. The number of piperidine rings is 1. The minimum atomic E-state index is -1.02. The third-order valence-electron chi connectivity index (χ3n) is 7.74. The number of urea groups is 1. The highest BCUT2D eigenvalue weighted by Crippen LogP contribution is 2.40. The second kappa shape index (κ2) is 13.7. The number of halogens is 1. The molecule has 1 saturated heterocycles. The molecule has 0 bridgehead atoms. The average Bonchev–Trinajstić information content (AvgIpc) is 3.35. The first-order chi connectivity index (χ1) is 16.5. The van der Waals surface area contributed by atoms with Crippen molar-refractivity contribution in [3.05, 3.63) is 34.9 Å². The van der Waals surface area contributed by atoms with E-state index in [2.05, 4.69) is 10.6 Å². The van der Waals surface area contributed by atoms with Crippen molar-refractivity contribution in [2.24, 2.45) is 11.8 Å². The average molecular weight is 494 g/mol. The van der Waals surface area contributed by atoms with Gasteiger partial charge in [-0.15, -0.1) is 0 Å².